The van der Waals surface area contributed by atoms with Crippen LogP contribution in [0, 0.1) is 19.3 Å². The average molecular weight is 520 g/mol. The molecule has 208 valence electrons. The maximum atomic E-state index is 13.1. The number of fused-ring (bicyclic) bond motifs is 1. The Morgan fingerprint density at radius 2 is 1.76 bits per heavy atom. The summed E-state index contributed by atoms with van der Waals surface area (Å²) >= 11 is 0. The van der Waals surface area contributed by atoms with Crippen LogP contribution in [-0.2, 0) is 6.42 Å². The lowest BCUT2D eigenvalue weighted by Crippen LogP contribution is -2.47. The molecule has 38 heavy (non-hydrogen) atoms. The Bertz CT molecular complexity index is 1100. The molecular formula is C33H49N3O2. The van der Waals surface area contributed by atoms with Crippen molar-refractivity contribution in [3.8, 4) is 5.75 Å². The molecule has 0 spiro atoms. The van der Waals surface area contributed by atoms with Gasteiger partial charge in [0.2, 0.25) is 0 Å². The number of nitrogens with zero attached hydrogens (tertiary/aromatic N) is 2. The largest absolute Gasteiger partial charge is 0.507 e. The van der Waals surface area contributed by atoms with Crippen LogP contribution in [-0.4, -0.2) is 48.6 Å². The van der Waals surface area contributed by atoms with Gasteiger partial charge in [0.25, 0.3) is 5.91 Å². The summed E-state index contributed by atoms with van der Waals surface area (Å²) in [5, 5.41) is 13.4. The maximum absolute atomic E-state index is 13.1. The molecule has 2 aliphatic rings. The first-order valence-corrected chi connectivity index (χ1v) is 14.9. The average Bonchev–Trinajstić information content (AvgIpc) is 3.32. The molecule has 1 amide bonds. The second-order valence-corrected chi connectivity index (χ2v) is 12.2. The number of likely N-dealkylation sites (tertiary alicyclic amines) is 1. The number of aromatic hydroxyl groups is 1. The van der Waals surface area contributed by atoms with Crippen LogP contribution >= 0.6 is 0 Å². The summed E-state index contributed by atoms with van der Waals surface area (Å²) in [4.78, 5) is 18.4. The Morgan fingerprint density at radius 1 is 1.03 bits per heavy atom. The number of benzene rings is 2. The highest BCUT2D eigenvalue weighted by Crippen LogP contribution is 2.48. The van der Waals surface area contributed by atoms with E-state index in [0.29, 0.717) is 12.1 Å². The van der Waals surface area contributed by atoms with E-state index in [-0.39, 0.29) is 23.1 Å². The number of anilines is 1. The number of phenols is 1. The summed E-state index contributed by atoms with van der Waals surface area (Å²) in [6.45, 7) is 16.4. The predicted molar refractivity (Wildman–Crippen MR) is 158 cm³/mol. The third-order valence-electron chi connectivity index (χ3n) is 8.73. The summed E-state index contributed by atoms with van der Waals surface area (Å²) in [6, 6.07) is 9.42. The van der Waals surface area contributed by atoms with E-state index >= 15 is 0 Å². The Kier molecular flexibility index (Phi) is 9.40. The van der Waals surface area contributed by atoms with Crippen LogP contribution in [0.1, 0.15) is 104 Å². The number of carbonyl (C=O) groups is 1. The first-order chi connectivity index (χ1) is 18.2. The molecule has 4 rings (SSSR count). The standard InChI is InChI=1S/C33H49N3O2/c1-6-7-8-12-18-35-21-17-26-24(2)22-25(3)29(30(26)35)31(36-19-13-9-14-20-36)33(4,5)23-34-32(38)27-15-10-11-16-28(27)37/h10-11,15-16,22,31,37H,6-9,12-14,17-21,23H2,1-5H3,(H,34,38). The van der Waals surface area contributed by atoms with E-state index in [9.17, 15) is 9.90 Å². The van der Waals surface area contributed by atoms with Crippen molar-refractivity contribution >= 4 is 11.6 Å². The molecule has 2 heterocycles. The SMILES string of the molecule is CCCCCCN1CCc2c(C)cc(C)c(C(N3CCCCC3)C(C)(C)CNC(=O)c3ccccc3O)c21. The van der Waals surface area contributed by atoms with Gasteiger partial charge in [0, 0.05) is 36.8 Å². The fourth-order valence-electron chi connectivity index (χ4n) is 6.77. The Balaban J connectivity index is 1.69. The number of hydrogen-bond acceptors (Lipinski definition) is 4. The number of rotatable bonds is 11. The van der Waals surface area contributed by atoms with Crippen LogP contribution in [0.5, 0.6) is 5.75 Å². The molecule has 1 saturated heterocycles. The summed E-state index contributed by atoms with van der Waals surface area (Å²) in [7, 11) is 0. The van der Waals surface area contributed by atoms with Crippen molar-refractivity contribution in [1.82, 2.24) is 10.2 Å². The normalized spacial score (nSPS) is 16.9. The van der Waals surface area contributed by atoms with Gasteiger partial charge >= 0.3 is 0 Å². The number of hydrogen-bond donors (Lipinski definition) is 2. The molecule has 2 aliphatic heterocycles. The zero-order chi connectivity index (χ0) is 27.3. The van der Waals surface area contributed by atoms with E-state index < -0.39 is 0 Å². The van der Waals surface area contributed by atoms with Gasteiger partial charge in [0.05, 0.1) is 5.56 Å². The van der Waals surface area contributed by atoms with Gasteiger partial charge in [0.1, 0.15) is 5.75 Å². The highest BCUT2D eigenvalue weighted by atomic mass is 16.3. The summed E-state index contributed by atoms with van der Waals surface area (Å²) in [6.07, 6.45) is 9.98. The number of carbonyl (C=O) groups excluding carboxylic acids is 1. The van der Waals surface area contributed by atoms with Gasteiger partial charge in [-0.15, -0.1) is 0 Å². The van der Waals surface area contributed by atoms with Gasteiger partial charge < -0.3 is 15.3 Å². The number of piperidine rings is 1. The molecule has 2 N–H and O–H groups in total. The van der Waals surface area contributed by atoms with E-state index in [1.54, 1.807) is 24.3 Å². The summed E-state index contributed by atoms with van der Waals surface area (Å²) < 4.78 is 0. The van der Waals surface area contributed by atoms with Crippen molar-refractivity contribution in [1.29, 1.82) is 0 Å². The second-order valence-electron chi connectivity index (χ2n) is 12.2. The van der Waals surface area contributed by atoms with Crippen LogP contribution in [0.15, 0.2) is 30.3 Å². The molecule has 0 saturated carbocycles. The number of nitrogens with one attached hydrogen (secondary N) is 1. The zero-order valence-electron chi connectivity index (χ0n) is 24.4. The fraction of sp³-hybridized carbons (Fsp3) is 0.606. The lowest BCUT2D eigenvalue weighted by Gasteiger charge is -2.46. The smallest absolute Gasteiger partial charge is 0.255 e. The Morgan fingerprint density at radius 3 is 2.47 bits per heavy atom. The minimum absolute atomic E-state index is 0.0290. The first kappa shape index (κ1) is 28.5. The van der Waals surface area contributed by atoms with Gasteiger partial charge in [-0.2, -0.15) is 0 Å². The van der Waals surface area contributed by atoms with Crippen LogP contribution in [0.2, 0.25) is 0 Å². The molecule has 0 radical (unpaired) electrons. The maximum Gasteiger partial charge on any atom is 0.255 e. The van der Waals surface area contributed by atoms with Crippen molar-refractivity contribution < 1.29 is 9.90 Å². The molecule has 0 aromatic heterocycles. The van der Waals surface area contributed by atoms with Crippen LogP contribution < -0.4 is 10.2 Å². The zero-order valence-corrected chi connectivity index (χ0v) is 24.4. The van der Waals surface area contributed by atoms with Gasteiger partial charge in [0.15, 0.2) is 0 Å². The van der Waals surface area contributed by atoms with Crippen LogP contribution in [0.3, 0.4) is 0 Å². The number of unbranched alkanes of at least 4 members (excludes halogenated alkanes) is 3. The number of para-hydroxylation sites is 1. The van der Waals surface area contributed by atoms with E-state index in [0.717, 1.165) is 32.6 Å². The molecule has 1 atom stereocenters. The number of amides is 1. The molecule has 5 nitrogen and oxygen atoms in total. The van der Waals surface area contributed by atoms with Crippen molar-refractivity contribution in [2.24, 2.45) is 5.41 Å². The number of phenolic OH excluding ortho intramolecular Hbond substituents is 1. The highest BCUT2D eigenvalue weighted by molar-refractivity contribution is 5.96. The lowest BCUT2D eigenvalue weighted by atomic mass is 9.75. The minimum Gasteiger partial charge on any atom is -0.507 e. The second kappa shape index (κ2) is 12.5. The van der Waals surface area contributed by atoms with Crippen molar-refractivity contribution in [3.63, 3.8) is 0 Å². The fourth-order valence-corrected chi connectivity index (χ4v) is 6.77. The minimum atomic E-state index is -0.211. The monoisotopic (exact) mass is 519 g/mol. The molecular weight excluding hydrogens is 470 g/mol. The summed E-state index contributed by atoms with van der Waals surface area (Å²) in [5.41, 5.74) is 7.40. The molecule has 0 aliphatic carbocycles. The predicted octanol–water partition coefficient (Wildman–Crippen LogP) is 6.94. The van der Waals surface area contributed by atoms with Crippen LogP contribution in [0.25, 0.3) is 0 Å². The summed E-state index contributed by atoms with van der Waals surface area (Å²) in [5.74, 6) is -0.182. The molecule has 1 fully saturated rings. The Labute approximate surface area is 230 Å². The third-order valence-corrected chi connectivity index (χ3v) is 8.73. The quantitative estimate of drug-likeness (QED) is 0.316. The van der Waals surface area contributed by atoms with Crippen molar-refractivity contribution in [2.75, 3.05) is 37.6 Å². The number of aryl methyl sites for hydroxylation is 2. The molecule has 5 heteroatoms. The van der Waals surface area contributed by atoms with Gasteiger partial charge in [-0.1, -0.05) is 64.7 Å². The van der Waals surface area contributed by atoms with Gasteiger partial charge in [-0.25, -0.2) is 0 Å². The van der Waals surface area contributed by atoms with E-state index in [2.05, 4.69) is 55.8 Å². The van der Waals surface area contributed by atoms with E-state index in [1.165, 1.54) is 72.9 Å². The molecule has 2 aromatic rings. The van der Waals surface area contributed by atoms with Gasteiger partial charge in [-0.3, -0.25) is 9.69 Å². The molecule has 2 aromatic carbocycles. The first-order valence-electron chi connectivity index (χ1n) is 14.9. The van der Waals surface area contributed by atoms with E-state index in [1.807, 2.05) is 0 Å². The van der Waals surface area contributed by atoms with Crippen LogP contribution in [0.4, 0.5) is 5.69 Å². The molecule has 0 bridgehead atoms. The third kappa shape index (κ3) is 6.20. The Hall–Kier alpha value is -2.53. The van der Waals surface area contributed by atoms with Gasteiger partial charge in [-0.05, 0) is 87.0 Å². The van der Waals surface area contributed by atoms with Crippen molar-refractivity contribution in [3.05, 3.63) is 58.1 Å². The van der Waals surface area contributed by atoms with E-state index in [4.69, 9.17) is 0 Å². The molecule has 1 unspecified atom stereocenters. The lowest BCUT2D eigenvalue weighted by molar-refractivity contribution is 0.0637. The topological polar surface area (TPSA) is 55.8 Å². The highest BCUT2D eigenvalue weighted by Gasteiger charge is 2.41. The van der Waals surface area contributed by atoms with Crippen molar-refractivity contribution in [2.45, 2.75) is 92.0 Å².